The zero-order chi connectivity index (χ0) is 15.5. The fraction of sp³-hybridized carbons (Fsp3) is 0.250. The monoisotopic (exact) mass is 316 g/mol. The van der Waals surface area contributed by atoms with Crippen molar-refractivity contribution >= 4 is 18.1 Å². The Bertz CT molecular complexity index is 757. The van der Waals surface area contributed by atoms with Gasteiger partial charge in [-0.2, -0.15) is 0 Å². The van der Waals surface area contributed by atoms with Crippen LogP contribution in [0.2, 0.25) is 0 Å². The van der Waals surface area contributed by atoms with E-state index >= 15 is 0 Å². The van der Waals surface area contributed by atoms with E-state index in [-0.39, 0.29) is 5.91 Å². The quantitative estimate of drug-likeness (QED) is 0.885. The highest BCUT2D eigenvalue weighted by atomic mass is 32.1. The molecular weight excluding hydrogens is 300 g/mol. The molecule has 114 valence electrons. The van der Waals surface area contributed by atoms with Gasteiger partial charge in [0.15, 0.2) is 11.5 Å². The number of rotatable bonds is 3. The van der Waals surface area contributed by atoms with Crippen LogP contribution in [0.15, 0.2) is 36.5 Å². The van der Waals surface area contributed by atoms with E-state index in [0.717, 1.165) is 17.1 Å². The number of nitrogens with zero attached hydrogens (tertiary/aromatic N) is 1. The van der Waals surface area contributed by atoms with Crippen LogP contribution in [0, 0.1) is 4.64 Å². The van der Waals surface area contributed by atoms with Crippen molar-refractivity contribution in [3.05, 3.63) is 52.3 Å². The van der Waals surface area contributed by atoms with Crippen molar-refractivity contribution in [1.82, 2.24) is 9.88 Å². The molecule has 0 spiro atoms. The number of ether oxygens (including phenoxy) is 2. The fourth-order valence-electron chi connectivity index (χ4n) is 2.33. The lowest BCUT2D eigenvalue weighted by Gasteiger charge is -2.21. The summed E-state index contributed by atoms with van der Waals surface area (Å²) < 4.78 is 11.5. The third kappa shape index (κ3) is 2.96. The Morgan fingerprint density at radius 3 is 2.82 bits per heavy atom. The van der Waals surface area contributed by atoms with Gasteiger partial charge in [0.25, 0.3) is 5.91 Å². The third-order valence-corrected chi connectivity index (χ3v) is 3.76. The number of fused-ring (bicyclic) bond motifs is 1. The highest BCUT2D eigenvalue weighted by molar-refractivity contribution is 7.71. The van der Waals surface area contributed by atoms with Gasteiger partial charge in [0.05, 0.1) is 5.56 Å². The average Bonchev–Trinajstić information content (AvgIpc) is 2.54. The van der Waals surface area contributed by atoms with E-state index < -0.39 is 0 Å². The van der Waals surface area contributed by atoms with Crippen LogP contribution in [0.25, 0.3) is 0 Å². The van der Waals surface area contributed by atoms with Crippen molar-refractivity contribution in [1.29, 1.82) is 0 Å². The number of amides is 1. The van der Waals surface area contributed by atoms with Crippen molar-refractivity contribution in [2.45, 2.75) is 6.54 Å². The van der Waals surface area contributed by atoms with E-state index in [1.54, 1.807) is 30.3 Å². The number of hydrogen-bond acceptors (Lipinski definition) is 4. The molecule has 1 amide bonds. The largest absolute Gasteiger partial charge is 0.486 e. The molecule has 0 unspecified atom stereocenters. The van der Waals surface area contributed by atoms with Gasteiger partial charge in [-0.15, -0.1) is 0 Å². The zero-order valence-corrected chi connectivity index (χ0v) is 13.0. The molecule has 0 saturated heterocycles. The number of aromatic amines is 1. The first-order valence-corrected chi connectivity index (χ1v) is 7.37. The summed E-state index contributed by atoms with van der Waals surface area (Å²) in [5.41, 5.74) is 1.48. The topological polar surface area (TPSA) is 54.6 Å². The molecule has 6 heteroatoms. The maximum absolute atomic E-state index is 12.4. The first-order valence-electron chi connectivity index (χ1n) is 6.97. The van der Waals surface area contributed by atoms with Gasteiger partial charge >= 0.3 is 0 Å². The first-order chi connectivity index (χ1) is 10.6. The zero-order valence-electron chi connectivity index (χ0n) is 12.2. The molecule has 0 atom stereocenters. The lowest BCUT2D eigenvalue weighted by Crippen LogP contribution is -2.26. The molecule has 3 rings (SSSR count). The van der Waals surface area contributed by atoms with Gasteiger partial charge < -0.3 is 19.4 Å². The van der Waals surface area contributed by atoms with E-state index in [1.807, 2.05) is 18.2 Å². The summed E-state index contributed by atoms with van der Waals surface area (Å²) in [6, 6.07) is 9.20. The van der Waals surface area contributed by atoms with Crippen LogP contribution in [0.4, 0.5) is 0 Å². The molecule has 0 bridgehead atoms. The minimum absolute atomic E-state index is 0.114. The van der Waals surface area contributed by atoms with E-state index in [1.165, 1.54) is 0 Å². The van der Waals surface area contributed by atoms with Gasteiger partial charge in [0.2, 0.25) is 0 Å². The predicted octanol–water partition coefficient (Wildman–Crippen LogP) is 2.79. The van der Waals surface area contributed by atoms with E-state index in [0.29, 0.717) is 30.0 Å². The normalized spacial score (nSPS) is 12.8. The van der Waals surface area contributed by atoms with Crippen LogP contribution in [-0.2, 0) is 6.54 Å². The maximum Gasteiger partial charge on any atom is 0.256 e. The molecule has 1 aromatic heterocycles. The average molecular weight is 316 g/mol. The molecule has 22 heavy (non-hydrogen) atoms. The summed E-state index contributed by atoms with van der Waals surface area (Å²) in [6.07, 6.45) is 1.71. The maximum atomic E-state index is 12.4. The van der Waals surface area contributed by atoms with Crippen LogP contribution in [0.5, 0.6) is 11.5 Å². The molecule has 2 heterocycles. The predicted molar refractivity (Wildman–Crippen MR) is 84.9 cm³/mol. The van der Waals surface area contributed by atoms with E-state index in [9.17, 15) is 4.79 Å². The molecule has 0 radical (unpaired) electrons. The molecular formula is C16H16N2O3S. The number of benzene rings is 1. The summed E-state index contributed by atoms with van der Waals surface area (Å²) in [5, 5.41) is 0. The van der Waals surface area contributed by atoms with Crippen molar-refractivity contribution < 1.29 is 14.3 Å². The number of carbonyl (C=O) groups excluding carboxylic acids is 1. The Kier molecular flexibility index (Phi) is 4.11. The van der Waals surface area contributed by atoms with Gasteiger partial charge in [-0.1, -0.05) is 18.3 Å². The SMILES string of the molecule is CN(Cc1ccc2c(c1)OCCO2)C(=O)c1ccc[nH]c1=S. The Morgan fingerprint density at radius 2 is 2.05 bits per heavy atom. The summed E-state index contributed by atoms with van der Waals surface area (Å²) >= 11 is 5.15. The third-order valence-electron chi connectivity index (χ3n) is 3.42. The number of aromatic nitrogens is 1. The van der Waals surface area contributed by atoms with Crippen molar-refractivity contribution in [2.75, 3.05) is 20.3 Å². The molecule has 0 saturated carbocycles. The fourth-order valence-corrected chi connectivity index (χ4v) is 2.55. The molecule has 1 aliphatic rings. The molecule has 0 aliphatic carbocycles. The Hall–Kier alpha value is -2.34. The Labute approximate surface area is 133 Å². The number of carbonyl (C=O) groups is 1. The summed E-state index contributed by atoms with van der Waals surface area (Å²) in [4.78, 5) is 16.9. The number of pyridine rings is 1. The van der Waals surface area contributed by atoms with Gasteiger partial charge in [-0.05, 0) is 29.8 Å². The number of nitrogens with one attached hydrogen (secondary N) is 1. The summed E-state index contributed by atoms with van der Waals surface area (Å²) in [6.45, 7) is 1.58. The van der Waals surface area contributed by atoms with Gasteiger partial charge in [-0.25, -0.2) is 0 Å². The minimum Gasteiger partial charge on any atom is -0.486 e. The molecule has 1 aliphatic heterocycles. The molecule has 1 aromatic carbocycles. The second-order valence-corrected chi connectivity index (χ2v) is 5.46. The van der Waals surface area contributed by atoms with Crippen molar-refractivity contribution in [3.63, 3.8) is 0 Å². The lowest BCUT2D eigenvalue weighted by atomic mass is 10.1. The second kappa shape index (κ2) is 6.19. The van der Waals surface area contributed by atoms with Gasteiger partial charge in [0.1, 0.15) is 17.9 Å². The van der Waals surface area contributed by atoms with Crippen LogP contribution >= 0.6 is 12.2 Å². The molecule has 5 nitrogen and oxygen atoms in total. The smallest absolute Gasteiger partial charge is 0.256 e. The molecule has 2 aromatic rings. The van der Waals surface area contributed by atoms with Crippen molar-refractivity contribution in [2.24, 2.45) is 0 Å². The highest BCUT2D eigenvalue weighted by Crippen LogP contribution is 2.31. The van der Waals surface area contributed by atoms with E-state index in [2.05, 4.69) is 4.98 Å². The van der Waals surface area contributed by atoms with Gasteiger partial charge in [0, 0.05) is 19.8 Å². The Morgan fingerprint density at radius 1 is 1.27 bits per heavy atom. The van der Waals surface area contributed by atoms with Crippen molar-refractivity contribution in [3.8, 4) is 11.5 Å². The van der Waals surface area contributed by atoms with Crippen LogP contribution < -0.4 is 9.47 Å². The summed E-state index contributed by atoms with van der Waals surface area (Å²) in [7, 11) is 1.75. The number of H-pyrrole nitrogens is 1. The highest BCUT2D eigenvalue weighted by Gasteiger charge is 2.16. The Balaban J connectivity index is 1.77. The number of hydrogen-bond donors (Lipinski definition) is 1. The van der Waals surface area contributed by atoms with Crippen LogP contribution in [-0.4, -0.2) is 36.1 Å². The van der Waals surface area contributed by atoms with Crippen LogP contribution in [0.1, 0.15) is 15.9 Å². The van der Waals surface area contributed by atoms with E-state index in [4.69, 9.17) is 21.7 Å². The van der Waals surface area contributed by atoms with Gasteiger partial charge in [-0.3, -0.25) is 4.79 Å². The van der Waals surface area contributed by atoms with Crippen LogP contribution in [0.3, 0.4) is 0 Å². The molecule has 0 fully saturated rings. The summed E-state index contributed by atoms with van der Waals surface area (Å²) in [5.74, 6) is 1.35. The molecule has 1 N–H and O–H groups in total. The first kappa shape index (κ1) is 14.6. The lowest BCUT2D eigenvalue weighted by molar-refractivity contribution is 0.0783. The minimum atomic E-state index is -0.114. The second-order valence-electron chi connectivity index (χ2n) is 5.05. The standard InChI is InChI=1S/C16H16N2O3S/c1-18(16(19)12-3-2-6-17-15(12)22)10-11-4-5-13-14(9-11)21-8-7-20-13/h2-6,9H,7-8,10H2,1H3,(H,17,22).